The zero-order chi connectivity index (χ0) is 6.69. The van der Waals surface area contributed by atoms with Gasteiger partial charge in [0.25, 0.3) is 5.91 Å². The molecule has 0 aliphatic carbocycles. The first-order chi connectivity index (χ1) is 4.34. The van der Waals surface area contributed by atoms with Crippen LogP contribution in [0.25, 0.3) is 0 Å². The van der Waals surface area contributed by atoms with Crippen LogP contribution in [-0.2, 0) is 9.53 Å². The largest absolute Gasteiger partial charge is 0.357 e. The van der Waals surface area contributed by atoms with Gasteiger partial charge in [0.05, 0.1) is 6.61 Å². The van der Waals surface area contributed by atoms with Gasteiger partial charge >= 0.3 is 0 Å². The summed E-state index contributed by atoms with van der Waals surface area (Å²) in [5.41, 5.74) is -0.255. The summed E-state index contributed by atoms with van der Waals surface area (Å²) >= 11 is 1.54. The molecule has 1 unspecified atom stereocenters. The highest BCUT2D eigenvalue weighted by molar-refractivity contribution is 8.00. The van der Waals surface area contributed by atoms with Gasteiger partial charge in [-0.15, -0.1) is 11.8 Å². The van der Waals surface area contributed by atoms with Crippen molar-refractivity contribution in [2.75, 3.05) is 19.4 Å². The summed E-state index contributed by atoms with van der Waals surface area (Å²) in [7, 11) is 1.62. The van der Waals surface area contributed by atoms with Crippen LogP contribution in [-0.4, -0.2) is 30.8 Å². The molecule has 0 aromatic rings. The predicted octanol–water partition coefficient (Wildman–Crippen LogP) is -0.178. The van der Waals surface area contributed by atoms with Crippen molar-refractivity contribution in [1.29, 1.82) is 0 Å². The highest BCUT2D eigenvalue weighted by Gasteiger charge is 2.22. The van der Waals surface area contributed by atoms with Crippen molar-refractivity contribution < 1.29 is 9.53 Å². The summed E-state index contributed by atoms with van der Waals surface area (Å²) < 4.78 is 5.06. The van der Waals surface area contributed by atoms with E-state index in [4.69, 9.17) is 4.74 Å². The van der Waals surface area contributed by atoms with E-state index in [0.29, 0.717) is 6.61 Å². The van der Waals surface area contributed by atoms with E-state index in [1.165, 1.54) is 0 Å². The standard InChI is InChI=1S/C5H9NO2S/c1-6-4(7)5-8-2-3-9-5/h5H,2-3H2,1H3,(H,6,7). The fourth-order valence-corrected chi connectivity index (χ4v) is 1.50. The lowest BCUT2D eigenvalue weighted by Gasteiger charge is -2.04. The summed E-state index contributed by atoms with van der Waals surface area (Å²) in [6.07, 6.45) is 0. The molecule has 1 rings (SSSR count). The fraction of sp³-hybridized carbons (Fsp3) is 0.800. The number of likely N-dealkylation sites (N-methyl/N-ethyl adjacent to an activating group) is 1. The van der Waals surface area contributed by atoms with E-state index in [1.807, 2.05) is 0 Å². The molecule has 1 aliphatic heterocycles. The summed E-state index contributed by atoms with van der Waals surface area (Å²) in [6, 6.07) is 0. The van der Waals surface area contributed by atoms with E-state index in [0.717, 1.165) is 5.75 Å². The van der Waals surface area contributed by atoms with Gasteiger partial charge in [0.1, 0.15) is 0 Å². The van der Waals surface area contributed by atoms with Crippen LogP contribution < -0.4 is 5.32 Å². The number of carbonyl (C=O) groups excluding carboxylic acids is 1. The Morgan fingerprint density at radius 1 is 1.89 bits per heavy atom. The van der Waals surface area contributed by atoms with E-state index < -0.39 is 0 Å². The van der Waals surface area contributed by atoms with Crippen LogP contribution in [0.2, 0.25) is 0 Å². The third kappa shape index (κ3) is 1.59. The van der Waals surface area contributed by atoms with E-state index in [-0.39, 0.29) is 11.3 Å². The van der Waals surface area contributed by atoms with Crippen molar-refractivity contribution in [1.82, 2.24) is 5.32 Å². The lowest BCUT2D eigenvalue weighted by molar-refractivity contribution is -0.126. The van der Waals surface area contributed by atoms with Crippen molar-refractivity contribution in [2.45, 2.75) is 5.44 Å². The van der Waals surface area contributed by atoms with Gasteiger partial charge in [-0.3, -0.25) is 4.79 Å². The molecule has 0 spiro atoms. The predicted molar refractivity (Wildman–Crippen MR) is 36.3 cm³/mol. The molecule has 3 nitrogen and oxygen atoms in total. The normalized spacial score (nSPS) is 26.1. The zero-order valence-electron chi connectivity index (χ0n) is 5.22. The van der Waals surface area contributed by atoms with E-state index in [1.54, 1.807) is 18.8 Å². The zero-order valence-corrected chi connectivity index (χ0v) is 6.03. The first-order valence-electron chi connectivity index (χ1n) is 2.79. The highest BCUT2D eigenvalue weighted by Crippen LogP contribution is 2.18. The van der Waals surface area contributed by atoms with Gasteiger partial charge in [0.2, 0.25) is 0 Å². The number of rotatable bonds is 1. The average Bonchev–Trinajstić information content (AvgIpc) is 2.37. The van der Waals surface area contributed by atoms with Crippen molar-refractivity contribution in [3.05, 3.63) is 0 Å². The molecule has 0 saturated carbocycles. The second kappa shape index (κ2) is 3.08. The lowest BCUT2D eigenvalue weighted by atomic mass is 10.6. The minimum Gasteiger partial charge on any atom is -0.357 e. The molecule has 1 amide bonds. The lowest BCUT2D eigenvalue weighted by Crippen LogP contribution is -2.29. The summed E-state index contributed by atoms with van der Waals surface area (Å²) in [5, 5.41) is 2.52. The molecule has 0 radical (unpaired) electrons. The van der Waals surface area contributed by atoms with Crippen LogP contribution in [0.1, 0.15) is 0 Å². The molecule has 1 saturated heterocycles. The molecule has 0 aromatic heterocycles. The van der Waals surface area contributed by atoms with Crippen LogP contribution in [0.3, 0.4) is 0 Å². The van der Waals surface area contributed by atoms with Crippen LogP contribution in [0, 0.1) is 0 Å². The number of thioether (sulfide) groups is 1. The molecule has 1 aliphatic rings. The second-order valence-corrected chi connectivity index (χ2v) is 2.86. The highest BCUT2D eigenvalue weighted by atomic mass is 32.2. The number of nitrogens with one attached hydrogen (secondary N) is 1. The Bertz CT molecular complexity index is 112. The minimum absolute atomic E-state index is 0.0301. The van der Waals surface area contributed by atoms with Gasteiger partial charge in [-0.2, -0.15) is 0 Å². The molecule has 0 bridgehead atoms. The first kappa shape index (κ1) is 6.89. The molecule has 9 heavy (non-hydrogen) atoms. The molecule has 1 atom stereocenters. The van der Waals surface area contributed by atoms with E-state index >= 15 is 0 Å². The number of carbonyl (C=O) groups is 1. The Labute approximate surface area is 58.1 Å². The van der Waals surface area contributed by atoms with Crippen LogP contribution in [0.5, 0.6) is 0 Å². The van der Waals surface area contributed by atoms with Gasteiger partial charge < -0.3 is 10.1 Å². The molecule has 1 heterocycles. The second-order valence-electron chi connectivity index (χ2n) is 1.69. The van der Waals surface area contributed by atoms with Gasteiger partial charge in [-0.25, -0.2) is 0 Å². The van der Waals surface area contributed by atoms with Crippen LogP contribution in [0.4, 0.5) is 0 Å². The molecular formula is C5H9NO2S. The van der Waals surface area contributed by atoms with Gasteiger partial charge in [-0.05, 0) is 0 Å². The Morgan fingerprint density at radius 3 is 3.11 bits per heavy atom. The number of hydrogen-bond donors (Lipinski definition) is 1. The van der Waals surface area contributed by atoms with Gasteiger partial charge in [0.15, 0.2) is 5.44 Å². The van der Waals surface area contributed by atoms with Gasteiger partial charge in [-0.1, -0.05) is 0 Å². The summed E-state index contributed by atoms with van der Waals surface area (Å²) in [4.78, 5) is 10.8. The Kier molecular flexibility index (Phi) is 2.36. The van der Waals surface area contributed by atoms with E-state index in [2.05, 4.69) is 5.32 Å². The van der Waals surface area contributed by atoms with Crippen LogP contribution in [0.15, 0.2) is 0 Å². The molecule has 1 fully saturated rings. The quantitative estimate of drug-likeness (QED) is 0.559. The topological polar surface area (TPSA) is 38.3 Å². The average molecular weight is 147 g/mol. The molecule has 0 aromatic carbocycles. The smallest absolute Gasteiger partial charge is 0.259 e. The van der Waals surface area contributed by atoms with Crippen LogP contribution >= 0.6 is 11.8 Å². The number of amides is 1. The molecular weight excluding hydrogens is 138 g/mol. The third-order valence-electron chi connectivity index (χ3n) is 1.08. The van der Waals surface area contributed by atoms with Gasteiger partial charge in [0, 0.05) is 12.8 Å². The van der Waals surface area contributed by atoms with Crippen molar-refractivity contribution in [3.63, 3.8) is 0 Å². The Morgan fingerprint density at radius 2 is 2.67 bits per heavy atom. The fourth-order valence-electron chi connectivity index (χ4n) is 0.628. The van der Waals surface area contributed by atoms with Crippen molar-refractivity contribution in [3.8, 4) is 0 Å². The third-order valence-corrected chi connectivity index (χ3v) is 2.14. The summed E-state index contributed by atoms with van der Waals surface area (Å²) in [5.74, 6) is 0.899. The maximum Gasteiger partial charge on any atom is 0.259 e. The van der Waals surface area contributed by atoms with E-state index in [9.17, 15) is 4.79 Å². The maximum absolute atomic E-state index is 10.8. The SMILES string of the molecule is CNC(=O)C1OCCS1. The first-order valence-corrected chi connectivity index (χ1v) is 3.84. The summed E-state index contributed by atoms with van der Waals surface area (Å²) in [6.45, 7) is 0.697. The molecule has 52 valence electrons. The Balaban J connectivity index is 2.32. The number of ether oxygens (including phenoxy) is 1. The maximum atomic E-state index is 10.8. The minimum atomic E-state index is -0.255. The number of hydrogen-bond acceptors (Lipinski definition) is 3. The Hall–Kier alpha value is -0.220. The van der Waals surface area contributed by atoms with Crippen molar-refractivity contribution in [2.24, 2.45) is 0 Å². The monoisotopic (exact) mass is 147 g/mol. The van der Waals surface area contributed by atoms with Crippen molar-refractivity contribution >= 4 is 17.7 Å². The molecule has 4 heteroatoms. The molecule has 1 N–H and O–H groups in total.